The van der Waals surface area contributed by atoms with Gasteiger partial charge in [-0.05, 0) is 44.7 Å². The molecule has 1 saturated heterocycles. The lowest BCUT2D eigenvalue weighted by atomic mass is 9.95. The summed E-state index contributed by atoms with van der Waals surface area (Å²) < 4.78 is 5.83. The van der Waals surface area contributed by atoms with Crippen LogP contribution in [0.25, 0.3) is 0 Å². The largest absolute Gasteiger partial charge is 0.367 e. The number of rotatable bonds is 5. The Bertz CT molecular complexity index is 476. The van der Waals surface area contributed by atoms with Gasteiger partial charge in [-0.3, -0.25) is 4.79 Å². The highest BCUT2D eigenvalue weighted by Gasteiger charge is 2.27. The van der Waals surface area contributed by atoms with Crippen LogP contribution < -0.4 is 10.6 Å². The summed E-state index contributed by atoms with van der Waals surface area (Å²) in [7, 11) is 0. The Balaban J connectivity index is 1.82. The van der Waals surface area contributed by atoms with Crippen LogP contribution >= 0.6 is 0 Å². The lowest BCUT2D eigenvalue weighted by molar-refractivity contribution is -0.124. The first-order valence-corrected chi connectivity index (χ1v) is 7.83. The number of hydrogen-bond acceptors (Lipinski definition) is 3. The minimum atomic E-state index is -0.0854. The smallest absolute Gasteiger partial charge is 0.250 e. The van der Waals surface area contributed by atoms with Crippen LogP contribution in [0.4, 0.5) is 5.69 Å². The molecule has 116 valence electrons. The third-order valence-corrected chi connectivity index (χ3v) is 4.12. The van der Waals surface area contributed by atoms with E-state index >= 15 is 0 Å². The molecule has 0 aromatic heterocycles. The van der Waals surface area contributed by atoms with Crippen molar-refractivity contribution in [3.8, 4) is 0 Å². The Kier molecular flexibility index (Phi) is 5.76. The molecule has 1 aromatic carbocycles. The summed E-state index contributed by atoms with van der Waals surface area (Å²) in [6, 6.07) is 8.66. The molecule has 1 aromatic rings. The predicted octanol–water partition coefficient (Wildman–Crippen LogP) is 2.87. The molecule has 1 amide bonds. The SMILES string of the molecule is CCC1NC(C)CCC1OCC(=O)Nc1ccccc1C. The molecule has 2 rings (SSSR count). The van der Waals surface area contributed by atoms with Gasteiger partial charge in [0.25, 0.3) is 0 Å². The van der Waals surface area contributed by atoms with Gasteiger partial charge in [0.1, 0.15) is 6.61 Å². The standard InChI is InChI=1S/C17H26N2O2/c1-4-14-16(10-9-13(3)18-14)21-11-17(20)19-15-8-6-5-7-12(15)2/h5-8,13-14,16,18H,4,9-11H2,1-3H3,(H,19,20). The molecule has 4 heteroatoms. The first kappa shape index (κ1) is 16.0. The van der Waals surface area contributed by atoms with Gasteiger partial charge in [-0.1, -0.05) is 25.1 Å². The van der Waals surface area contributed by atoms with Crippen LogP contribution in [0.3, 0.4) is 0 Å². The van der Waals surface area contributed by atoms with Crippen LogP contribution in [0.15, 0.2) is 24.3 Å². The molecule has 4 nitrogen and oxygen atoms in total. The van der Waals surface area contributed by atoms with Crippen molar-refractivity contribution >= 4 is 11.6 Å². The van der Waals surface area contributed by atoms with Gasteiger partial charge >= 0.3 is 0 Å². The number of aryl methyl sites for hydroxylation is 1. The van der Waals surface area contributed by atoms with Crippen LogP contribution in [-0.2, 0) is 9.53 Å². The molecule has 21 heavy (non-hydrogen) atoms. The highest BCUT2D eigenvalue weighted by atomic mass is 16.5. The van der Waals surface area contributed by atoms with E-state index in [2.05, 4.69) is 24.5 Å². The third kappa shape index (κ3) is 4.55. The molecule has 3 unspecified atom stereocenters. The quantitative estimate of drug-likeness (QED) is 0.876. The molecule has 1 aliphatic rings. The molecule has 2 N–H and O–H groups in total. The zero-order valence-electron chi connectivity index (χ0n) is 13.2. The molecule has 1 aliphatic heterocycles. The number of amides is 1. The summed E-state index contributed by atoms with van der Waals surface area (Å²) in [4.78, 5) is 12.0. The number of carbonyl (C=O) groups excluding carboxylic acids is 1. The van der Waals surface area contributed by atoms with Crippen molar-refractivity contribution in [1.29, 1.82) is 0 Å². The maximum absolute atomic E-state index is 12.0. The summed E-state index contributed by atoms with van der Waals surface area (Å²) in [5.74, 6) is -0.0854. The van der Waals surface area contributed by atoms with Crippen molar-refractivity contribution in [2.45, 2.75) is 58.2 Å². The van der Waals surface area contributed by atoms with Gasteiger partial charge in [0.05, 0.1) is 6.10 Å². The molecule has 3 atom stereocenters. The maximum atomic E-state index is 12.0. The van der Waals surface area contributed by atoms with Gasteiger partial charge in [-0.25, -0.2) is 0 Å². The Labute approximate surface area is 127 Å². The minimum Gasteiger partial charge on any atom is -0.367 e. The first-order chi connectivity index (χ1) is 10.1. The molecule has 0 aliphatic carbocycles. The average Bonchev–Trinajstić information content (AvgIpc) is 2.48. The van der Waals surface area contributed by atoms with Gasteiger partial charge in [0.2, 0.25) is 5.91 Å². The Morgan fingerprint density at radius 3 is 2.86 bits per heavy atom. The van der Waals surface area contributed by atoms with E-state index in [9.17, 15) is 4.79 Å². The summed E-state index contributed by atoms with van der Waals surface area (Å²) in [6.07, 6.45) is 3.27. The normalized spacial score (nSPS) is 25.6. The van der Waals surface area contributed by atoms with Crippen molar-refractivity contribution in [3.05, 3.63) is 29.8 Å². The number of benzene rings is 1. The second kappa shape index (κ2) is 7.57. The van der Waals surface area contributed by atoms with Crippen LogP contribution in [0, 0.1) is 6.92 Å². The van der Waals surface area contributed by atoms with Gasteiger partial charge in [-0.15, -0.1) is 0 Å². The molecular formula is C17H26N2O2. The zero-order valence-corrected chi connectivity index (χ0v) is 13.2. The summed E-state index contributed by atoms with van der Waals surface area (Å²) in [6.45, 7) is 6.45. The number of carbonyl (C=O) groups is 1. The minimum absolute atomic E-state index is 0.0854. The lowest BCUT2D eigenvalue weighted by Crippen LogP contribution is -2.50. The fourth-order valence-corrected chi connectivity index (χ4v) is 2.83. The Hall–Kier alpha value is -1.39. The Morgan fingerprint density at radius 1 is 1.38 bits per heavy atom. The summed E-state index contributed by atoms with van der Waals surface area (Å²) in [5.41, 5.74) is 1.92. The van der Waals surface area contributed by atoms with E-state index in [1.165, 1.54) is 0 Å². The fourth-order valence-electron chi connectivity index (χ4n) is 2.83. The van der Waals surface area contributed by atoms with E-state index in [1.807, 2.05) is 31.2 Å². The van der Waals surface area contributed by atoms with E-state index in [-0.39, 0.29) is 18.6 Å². The van der Waals surface area contributed by atoms with Crippen molar-refractivity contribution in [2.24, 2.45) is 0 Å². The van der Waals surface area contributed by atoms with Gasteiger partial charge < -0.3 is 15.4 Å². The second-order valence-electron chi connectivity index (χ2n) is 5.87. The van der Waals surface area contributed by atoms with Crippen LogP contribution in [-0.4, -0.2) is 30.7 Å². The number of hydrogen-bond donors (Lipinski definition) is 2. The molecule has 0 saturated carbocycles. The van der Waals surface area contributed by atoms with E-state index in [1.54, 1.807) is 0 Å². The van der Waals surface area contributed by atoms with Crippen LogP contribution in [0.1, 0.15) is 38.7 Å². The number of ether oxygens (including phenoxy) is 1. The molecule has 1 fully saturated rings. The van der Waals surface area contributed by atoms with E-state index in [4.69, 9.17) is 4.74 Å². The van der Waals surface area contributed by atoms with Gasteiger partial charge in [0.15, 0.2) is 0 Å². The maximum Gasteiger partial charge on any atom is 0.250 e. The molecule has 1 heterocycles. The molecular weight excluding hydrogens is 264 g/mol. The summed E-state index contributed by atoms with van der Waals surface area (Å²) >= 11 is 0. The lowest BCUT2D eigenvalue weighted by Gasteiger charge is -2.35. The average molecular weight is 290 g/mol. The zero-order chi connectivity index (χ0) is 15.2. The Morgan fingerprint density at radius 2 is 2.14 bits per heavy atom. The van der Waals surface area contributed by atoms with E-state index < -0.39 is 0 Å². The number of piperidine rings is 1. The van der Waals surface area contributed by atoms with Crippen molar-refractivity contribution in [3.63, 3.8) is 0 Å². The van der Waals surface area contributed by atoms with Crippen LogP contribution in [0.2, 0.25) is 0 Å². The van der Waals surface area contributed by atoms with Gasteiger partial charge in [0, 0.05) is 17.8 Å². The topological polar surface area (TPSA) is 50.4 Å². The van der Waals surface area contributed by atoms with Crippen molar-refractivity contribution in [1.82, 2.24) is 5.32 Å². The first-order valence-electron chi connectivity index (χ1n) is 7.83. The highest BCUT2D eigenvalue weighted by molar-refractivity contribution is 5.92. The van der Waals surface area contributed by atoms with Crippen molar-refractivity contribution < 1.29 is 9.53 Å². The number of para-hydroxylation sites is 1. The summed E-state index contributed by atoms with van der Waals surface area (Å²) in [5, 5.41) is 6.45. The molecule has 0 spiro atoms. The second-order valence-corrected chi connectivity index (χ2v) is 5.87. The third-order valence-electron chi connectivity index (χ3n) is 4.12. The monoisotopic (exact) mass is 290 g/mol. The van der Waals surface area contributed by atoms with E-state index in [0.717, 1.165) is 30.5 Å². The van der Waals surface area contributed by atoms with Crippen LogP contribution in [0.5, 0.6) is 0 Å². The van der Waals surface area contributed by atoms with E-state index in [0.29, 0.717) is 12.1 Å². The van der Waals surface area contributed by atoms with Gasteiger partial charge in [-0.2, -0.15) is 0 Å². The fraction of sp³-hybridized carbons (Fsp3) is 0.588. The molecule has 0 radical (unpaired) electrons. The number of nitrogens with one attached hydrogen (secondary N) is 2. The van der Waals surface area contributed by atoms with Crippen molar-refractivity contribution in [2.75, 3.05) is 11.9 Å². The number of anilines is 1. The predicted molar refractivity (Wildman–Crippen MR) is 85.5 cm³/mol. The molecule has 0 bridgehead atoms. The highest BCUT2D eigenvalue weighted by Crippen LogP contribution is 2.19.